The molecule has 1 heterocycles. The van der Waals surface area contributed by atoms with Crippen molar-refractivity contribution in [2.45, 2.75) is 26.4 Å². The predicted molar refractivity (Wildman–Crippen MR) is 119 cm³/mol. The van der Waals surface area contributed by atoms with Crippen LogP contribution in [-0.4, -0.2) is 33.3 Å². The Balaban J connectivity index is 2.06. The van der Waals surface area contributed by atoms with Gasteiger partial charge >= 0.3 is 11.9 Å². The molecule has 2 aromatic rings. The van der Waals surface area contributed by atoms with Gasteiger partial charge in [-0.1, -0.05) is 36.4 Å². The van der Waals surface area contributed by atoms with Crippen molar-refractivity contribution in [3.8, 4) is 11.5 Å². The fourth-order valence-electron chi connectivity index (χ4n) is 3.81. The average Bonchev–Trinajstić information content (AvgIpc) is 2.81. The molecule has 7 nitrogen and oxygen atoms in total. The Morgan fingerprint density at radius 3 is 2.06 bits per heavy atom. The second-order valence-electron chi connectivity index (χ2n) is 7.30. The number of carbonyl (C=O) groups is 2. The van der Waals surface area contributed by atoms with Crippen LogP contribution in [0, 0.1) is 0 Å². The summed E-state index contributed by atoms with van der Waals surface area (Å²) in [5.74, 6) is -0.727. The third kappa shape index (κ3) is 4.61. The number of allylic oxidation sites excluding steroid dienone is 2. The summed E-state index contributed by atoms with van der Waals surface area (Å²) in [5.41, 5.74) is 3.42. The molecule has 0 aliphatic carbocycles. The molecule has 0 fully saturated rings. The van der Waals surface area contributed by atoms with Gasteiger partial charge in [-0.25, -0.2) is 9.59 Å². The van der Waals surface area contributed by atoms with E-state index in [-0.39, 0.29) is 6.61 Å². The van der Waals surface area contributed by atoms with Crippen LogP contribution < -0.4 is 14.8 Å². The number of methoxy groups -OCH3 is 3. The molecular weight excluding hydrogens is 410 g/mol. The molecule has 3 rings (SSSR count). The Kier molecular flexibility index (Phi) is 7.20. The Hall–Kier alpha value is -3.74. The summed E-state index contributed by atoms with van der Waals surface area (Å²) in [6.45, 7) is 3.67. The van der Waals surface area contributed by atoms with Crippen molar-refractivity contribution in [1.29, 1.82) is 0 Å². The Morgan fingerprint density at radius 1 is 0.844 bits per heavy atom. The Labute approximate surface area is 187 Å². The zero-order valence-corrected chi connectivity index (χ0v) is 18.9. The first-order chi connectivity index (χ1) is 15.4. The summed E-state index contributed by atoms with van der Waals surface area (Å²) in [5, 5.41) is 3.13. The average molecular weight is 437 g/mol. The molecular formula is C25H27NO6. The van der Waals surface area contributed by atoms with E-state index in [0.717, 1.165) is 5.56 Å². The van der Waals surface area contributed by atoms with E-state index in [1.54, 1.807) is 39.2 Å². The van der Waals surface area contributed by atoms with Crippen LogP contribution >= 0.6 is 0 Å². The maximum absolute atomic E-state index is 13.3. The van der Waals surface area contributed by atoms with Gasteiger partial charge in [0.2, 0.25) is 0 Å². The van der Waals surface area contributed by atoms with Gasteiger partial charge in [0.05, 0.1) is 38.4 Å². The summed E-state index contributed by atoms with van der Waals surface area (Å²) < 4.78 is 21.4. The Morgan fingerprint density at radius 2 is 1.47 bits per heavy atom. The topological polar surface area (TPSA) is 83.1 Å². The monoisotopic (exact) mass is 437 g/mol. The number of nitrogens with one attached hydrogen (secondary N) is 1. The molecule has 1 aliphatic heterocycles. The zero-order valence-electron chi connectivity index (χ0n) is 18.9. The Bertz CT molecular complexity index is 1070. The summed E-state index contributed by atoms with van der Waals surface area (Å²) in [6.07, 6.45) is 0. The molecule has 2 aromatic carbocycles. The van der Waals surface area contributed by atoms with Gasteiger partial charge < -0.3 is 24.3 Å². The molecule has 0 spiro atoms. The van der Waals surface area contributed by atoms with Crippen LogP contribution in [0.5, 0.6) is 11.5 Å². The molecule has 0 bridgehead atoms. The number of rotatable bonds is 7. The summed E-state index contributed by atoms with van der Waals surface area (Å²) >= 11 is 0. The van der Waals surface area contributed by atoms with Crippen molar-refractivity contribution in [3.05, 3.63) is 82.2 Å². The lowest BCUT2D eigenvalue weighted by Gasteiger charge is -2.30. The minimum absolute atomic E-state index is 0.116. The quantitative estimate of drug-likeness (QED) is 0.659. The van der Waals surface area contributed by atoms with Crippen molar-refractivity contribution in [2.75, 3.05) is 21.3 Å². The molecule has 168 valence electrons. The molecule has 0 saturated carbocycles. The van der Waals surface area contributed by atoms with E-state index in [9.17, 15) is 9.59 Å². The third-order valence-electron chi connectivity index (χ3n) is 5.34. The fraction of sp³-hybridized carbons (Fsp3) is 0.280. The fourth-order valence-corrected chi connectivity index (χ4v) is 3.81. The highest BCUT2D eigenvalue weighted by atomic mass is 16.5. The molecule has 0 saturated heterocycles. The second-order valence-corrected chi connectivity index (χ2v) is 7.30. The molecule has 1 unspecified atom stereocenters. The largest absolute Gasteiger partial charge is 0.493 e. The van der Waals surface area contributed by atoms with Crippen LogP contribution in [0.1, 0.15) is 30.9 Å². The smallest absolute Gasteiger partial charge is 0.337 e. The molecule has 32 heavy (non-hydrogen) atoms. The van der Waals surface area contributed by atoms with E-state index in [1.807, 2.05) is 30.3 Å². The molecule has 1 N–H and O–H groups in total. The van der Waals surface area contributed by atoms with Gasteiger partial charge in [-0.2, -0.15) is 0 Å². The normalized spacial score (nSPS) is 15.7. The summed E-state index contributed by atoms with van der Waals surface area (Å²) in [6, 6.07) is 14.7. The lowest BCUT2D eigenvalue weighted by atomic mass is 9.80. The maximum Gasteiger partial charge on any atom is 0.337 e. The van der Waals surface area contributed by atoms with Gasteiger partial charge in [-0.05, 0) is 37.1 Å². The number of esters is 2. The van der Waals surface area contributed by atoms with Crippen molar-refractivity contribution < 1.29 is 28.5 Å². The zero-order chi connectivity index (χ0) is 23.3. The van der Waals surface area contributed by atoms with Crippen LogP contribution in [0.25, 0.3) is 0 Å². The van der Waals surface area contributed by atoms with Gasteiger partial charge in [-0.3, -0.25) is 0 Å². The minimum atomic E-state index is -0.702. The van der Waals surface area contributed by atoms with Crippen LogP contribution in [-0.2, 0) is 25.7 Å². The number of hydrogen-bond acceptors (Lipinski definition) is 7. The number of benzene rings is 2. The molecule has 0 aromatic heterocycles. The predicted octanol–water partition coefficient (Wildman–Crippen LogP) is 3.86. The number of hydrogen-bond donors (Lipinski definition) is 1. The standard InChI is InChI=1S/C25H27NO6/c1-15-21(24(27)31-5)23(18-11-12-19(29-3)20(13-18)30-4)22(16(2)26-15)25(28)32-14-17-9-7-6-8-10-17/h6-13,23,26H,14H2,1-5H3. The van der Waals surface area contributed by atoms with Crippen molar-refractivity contribution in [2.24, 2.45) is 0 Å². The lowest BCUT2D eigenvalue weighted by Crippen LogP contribution is -2.32. The highest BCUT2D eigenvalue weighted by Gasteiger charge is 2.38. The summed E-state index contributed by atoms with van der Waals surface area (Å²) in [7, 11) is 4.39. The molecule has 1 atom stereocenters. The SMILES string of the molecule is COC(=O)C1=C(C)NC(C)=C(C(=O)OCc2ccccc2)C1c1ccc(OC)c(OC)c1. The highest BCUT2D eigenvalue weighted by molar-refractivity contribution is 5.99. The van der Waals surface area contributed by atoms with E-state index < -0.39 is 17.9 Å². The van der Waals surface area contributed by atoms with E-state index in [2.05, 4.69) is 5.32 Å². The van der Waals surface area contributed by atoms with Crippen molar-refractivity contribution >= 4 is 11.9 Å². The first-order valence-electron chi connectivity index (χ1n) is 10.1. The number of carbonyl (C=O) groups excluding carboxylic acids is 2. The highest BCUT2D eigenvalue weighted by Crippen LogP contribution is 2.42. The first-order valence-corrected chi connectivity index (χ1v) is 10.1. The van der Waals surface area contributed by atoms with Crippen LogP contribution in [0.4, 0.5) is 0 Å². The van der Waals surface area contributed by atoms with Crippen LogP contribution in [0.2, 0.25) is 0 Å². The van der Waals surface area contributed by atoms with Crippen LogP contribution in [0.15, 0.2) is 71.1 Å². The molecule has 0 radical (unpaired) electrons. The van der Waals surface area contributed by atoms with E-state index in [1.165, 1.54) is 14.2 Å². The van der Waals surface area contributed by atoms with Crippen molar-refractivity contribution in [3.63, 3.8) is 0 Å². The van der Waals surface area contributed by atoms with Crippen LogP contribution in [0.3, 0.4) is 0 Å². The van der Waals surface area contributed by atoms with E-state index in [0.29, 0.717) is 39.6 Å². The van der Waals surface area contributed by atoms with Gasteiger partial charge in [0, 0.05) is 11.4 Å². The third-order valence-corrected chi connectivity index (χ3v) is 5.34. The van der Waals surface area contributed by atoms with Crippen molar-refractivity contribution in [1.82, 2.24) is 5.32 Å². The second kappa shape index (κ2) is 10.0. The number of dihydropyridines is 1. The van der Waals surface area contributed by atoms with Gasteiger partial charge in [0.25, 0.3) is 0 Å². The van der Waals surface area contributed by atoms with Gasteiger partial charge in [0.1, 0.15) is 6.61 Å². The van der Waals surface area contributed by atoms with E-state index >= 15 is 0 Å². The van der Waals surface area contributed by atoms with E-state index in [4.69, 9.17) is 18.9 Å². The van der Waals surface area contributed by atoms with Gasteiger partial charge in [-0.15, -0.1) is 0 Å². The van der Waals surface area contributed by atoms with Gasteiger partial charge in [0.15, 0.2) is 11.5 Å². The minimum Gasteiger partial charge on any atom is -0.493 e. The summed E-state index contributed by atoms with van der Waals surface area (Å²) in [4.78, 5) is 26.0. The molecule has 7 heteroatoms. The first kappa shape index (κ1) is 22.9. The lowest BCUT2D eigenvalue weighted by molar-refractivity contribution is -0.140. The molecule has 1 aliphatic rings. The maximum atomic E-state index is 13.3. The molecule has 0 amide bonds. The number of ether oxygens (including phenoxy) is 4.